The number of alkyl halides is 6. The summed E-state index contributed by atoms with van der Waals surface area (Å²) in [5.74, 6) is 0. The molecule has 0 aliphatic rings. The minimum atomic E-state index is -5.24. The van der Waals surface area contributed by atoms with Gasteiger partial charge in [-0.25, -0.2) is 0 Å². The molecule has 0 aliphatic carbocycles. The minimum absolute atomic E-state index is 0.0325. The first-order chi connectivity index (χ1) is 10.4. The molecule has 0 unspecified atom stereocenters. The number of nitrogen functional groups attached to an aromatic ring is 2. The van der Waals surface area contributed by atoms with Crippen LogP contribution in [0.15, 0.2) is 30.3 Å². The van der Waals surface area contributed by atoms with Crippen molar-refractivity contribution in [3.05, 3.63) is 45.0 Å². The molecule has 0 fully saturated rings. The van der Waals surface area contributed by atoms with Crippen LogP contribution < -0.4 is 11.5 Å². The molecule has 2 nitrogen and oxygen atoms in total. The van der Waals surface area contributed by atoms with E-state index in [0.29, 0.717) is 0 Å². The van der Waals surface area contributed by atoms with Gasteiger partial charge in [-0.15, -0.1) is 0 Å². The summed E-state index contributed by atoms with van der Waals surface area (Å²) < 4.78 is 79.4. The molecule has 2 aromatic carbocycles. The summed E-state index contributed by atoms with van der Waals surface area (Å²) in [7, 11) is 0. The third-order valence-electron chi connectivity index (χ3n) is 3.11. The highest BCUT2D eigenvalue weighted by atomic mass is 127. The zero-order valence-corrected chi connectivity index (χ0v) is 13.3. The van der Waals surface area contributed by atoms with Crippen LogP contribution in [0.3, 0.4) is 0 Å². The van der Waals surface area contributed by atoms with Gasteiger partial charge in [-0.3, -0.25) is 0 Å². The van der Waals surface area contributed by atoms with Gasteiger partial charge in [-0.2, -0.15) is 26.3 Å². The van der Waals surface area contributed by atoms with Gasteiger partial charge in [-0.1, -0.05) is 12.1 Å². The summed E-state index contributed by atoms with van der Waals surface area (Å²) in [4.78, 5) is 0. The average molecular weight is 446 g/mol. The third kappa shape index (κ3) is 3.48. The van der Waals surface area contributed by atoms with Crippen LogP contribution >= 0.6 is 22.6 Å². The van der Waals surface area contributed by atoms with Crippen LogP contribution in [0.4, 0.5) is 37.7 Å². The van der Waals surface area contributed by atoms with Gasteiger partial charge in [0.25, 0.3) is 0 Å². The van der Waals surface area contributed by atoms with Crippen LogP contribution in [0.5, 0.6) is 0 Å². The molecule has 0 amide bonds. The number of hydrogen-bond donors (Lipinski definition) is 2. The maximum atomic E-state index is 13.3. The molecule has 2 aromatic rings. The van der Waals surface area contributed by atoms with Gasteiger partial charge in [0.2, 0.25) is 0 Å². The first-order valence-corrected chi connectivity index (χ1v) is 7.13. The molecule has 2 rings (SSSR count). The fourth-order valence-electron chi connectivity index (χ4n) is 2.14. The minimum Gasteiger partial charge on any atom is -0.399 e. The Hall–Kier alpha value is -1.65. The van der Waals surface area contributed by atoms with Crippen LogP contribution in [0.2, 0.25) is 0 Å². The third-order valence-corrected chi connectivity index (χ3v) is 4.00. The smallest absolute Gasteiger partial charge is 0.399 e. The normalized spacial score (nSPS) is 12.5. The van der Waals surface area contributed by atoms with Crippen LogP contribution in [0.25, 0.3) is 11.1 Å². The summed E-state index contributed by atoms with van der Waals surface area (Å²) in [6.45, 7) is 0. The molecule has 0 heterocycles. The van der Waals surface area contributed by atoms with Crippen molar-refractivity contribution < 1.29 is 26.3 Å². The van der Waals surface area contributed by atoms with Crippen molar-refractivity contribution in [2.24, 2.45) is 0 Å². The molecule has 0 atom stereocenters. The Labute approximate surface area is 140 Å². The second-order valence-electron chi connectivity index (χ2n) is 4.69. The average Bonchev–Trinajstić information content (AvgIpc) is 2.39. The molecule has 0 saturated heterocycles. The molecular formula is C14H9F6IN2. The zero-order chi connectivity index (χ0) is 17.6. The van der Waals surface area contributed by atoms with Gasteiger partial charge in [0.15, 0.2) is 0 Å². The van der Waals surface area contributed by atoms with Gasteiger partial charge in [-0.05, 0) is 51.9 Å². The Morgan fingerprint density at radius 3 is 1.70 bits per heavy atom. The van der Waals surface area contributed by atoms with Crippen LogP contribution in [-0.2, 0) is 12.4 Å². The van der Waals surface area contributed by atoms with E-state index < -0.39 is 34.7 Å². The van der Waals surface area contributed by atoms with E-state index in [0.717, 1.165) is 6.07 Å². The molecule has 9 heteroatoms. The molecular weight excluding hydrogens is 437 g/mol. The predicted octanol–water partition coefficient (Wildman–Crippen LogP) is 5.16. The maximum Gasteiger partial charge on any atom is 0.419 e. The van der Waals surface area contributed by atoms with E-state index >= 15 is 0 Å². The van der Waals surface area contributed by atoms with E-state index in [9.17, 15) is 26.3 Å². The standard InChI is InChI=1S/C14H9F6IN2/c15-13(16,17)10-8(6-1-3-7(22)4-2-6)5-9(21)12(23)11(10)14(18,19)20/h1-5H,22-23H2. The predicted molar refractivity (Wildman–Crippen MR) is 83.4 cm³/mol. The first kappa shape index (κ1) is 17.7. The zero-order valence-electron chi connectivity index (χ0n) is 11.2. The molecule has 0 aliphatic heterocycles. The lowest BCUT2D eigenvalue weighted by molar-refractivity contribution is -0.161. The number of hydrogen-bond acceptors (Lipinski definition) is 2. The number of halogens is 7. The highest BCUT2D eigenvalue weighted by Crippen LogP contribution is 2.48. The number of nitrogens with two attached hydrogens (primary N) is 2. The Morgan fingerprint density at radius 2 is 1.26 bits per heavy atom. The summed E-state index contributed by atoms with van der Waals surface area (Å²) in [6, 6.07) is 6.07. The van der Waals surface area contributed by atoms with Crippen molar-refractivity contribution in [1.82, 2.24) is 0 Å². The van der Waals surface area contributed by atoms with Crippen molar-refractivity contribution in [3.8, 4) is 11.1 Å². The lowest BCUT2D eigenvalue weighted by Gasteiger charge is -2.22. The van der Waals surface area contributed by atoms with Crippen molar-refractivity contribution >= 4 is 34.0 Å². The highest BCUT2D eigenvalue weighted by Gasteiger charge is 2.47. The van der Waals surface area contributed by atoms with Crippen molar-refractivity contribution in [2.75, 3.05) is 11.5 Å². The fraction of sp³-hybridized carbons (Fsp3) is 0.143. The summed E-state index contributed by atoms with van der Waals surface area (Å²) in [6.07, 6.45) is -10.5. The van der Waals surface area contributed by atoms with Gasteiger partial charge in [0.05, 0.1) is 16.8 Å². The van der Waals surface area contributed by atoms with E-state index in [2.05, 4.69) is 0 Å². The highest BCUT2D eigenvalue weighted by molar-refractivity contribution is 14.1. The Bertz CT molecular complexity index is 735. The van der Waals surface area contributed by atoms with Crippen LogP contribution in [-0.4, -0.2) is 0 Å². The first-order valence-electron chi connectivity index (χ1n) is 6.05. The monoisotopic (exact) mass is 446 g/mol. The van der Waals surface area contributed by atoms with Gasteiger partial charge in [0, 0.05) is 9.26 Å². The van der Waals surface area contributed by atoms with Gasteiger partial charge >= 0.3 is 12.4 Å². The molecule has 4 N–H and O–H groups in total. The maximum absolute atomic E-state index is 13.3. The molecule has 0 saturated carbocycles. The SMILES string of the molecule is Nc1ccc(-c2cc(I)c(N)c(C(F)(F)F)c2C(F)(F)F)cc1. The Kier molecular flexibility index (Phi) is 4.44. The van der Waals surface area contributed by atoms with E-state index in [4.69, 9.17) is 11.5 Å². The lowest BCUT2D eigenvalue weighted by Crippen LogP contribution is -2.21. The number of benzene rings is 2. The molecule has 23 heavy (non-hydrogen) atoms. The molecule has 0 spiro atoms. The Balaban J connectivity index is 2.92. The lowest BCUT2D eigenvalue weighted by atomic mass is 9.93. The summed E-state index contributed by atoms with van der Waals surface area (Å²) in [5, 5.41) is 0. The van der Waals surface area contributed by atoms with Crippen molar-refractivity contribution in [1.29, 1.82) is 0 Å². The van der Waals surface area contributed by atoms with Gasteiger partial charge in [0.1, 0.15) is 0 Å². The Morgan fingerprint density at radius 1 is 0.783 bits per heavy atom. The van der Waals surface area contributed by atoms with Crippen LogP contribution in [0.1, 0.15) is 11.1 Å². The molecule has 0 radical (unpaired) electrons. The molecule has 124 valence electrons. The van der Waals surface area contributed by atoms with E-state index in [1.165, 1.54) is 46.9 Å². The molecule has 0 aromatic heterocycles. The second-order valence-corrected chi connectivity index (χ2v) is 5.85. The number of rotatable bonds is 1. The van der Waals surface area contributed by atoms with E-state index in [1.54, 1.807) is 0 Å². The van der Waals surface area contributed by atoms with Crippen molar-refractivity contribution in [3.63, 3.8) is 0 Å². The van der Waals surface area contributed by atoms with E-state index in [1.807, 2.05) is 0 Å². The molecule has 0 bridgehead atoms. The van der Waals surface area contributed by atoms with Gasteiger partial charge < -0.3 is 11.5 Å². The summed E-state index contributed by atoms with van der Waals surface area (Å²) in [5.41, 5.74) is 5.79. The second kappa shape index (κ2) is 5.77. The largest absolute Gasteiger partial charge is 0.419 e. The summed E-state index contributed by atoms with van der Waals surface area (Å²) >= 11 is 1.48. The topological polar surface area (TPSA) is 52.0 Å². The quantitative estimate of drug-likeness (QED) is 0.362. The van der Waals surface area contributed by atoms with Crippen molar-refractivity contribution in [2.45, 2.75) is 12.4 Å². The van der Waals surface area contributed by atoms with Crippen LogP contribution in [0, 0.1) is 3.57 Å². The van der Waals surface area contributed by atoms with E-state index in [-0.39, 0.29) is 14.8 Å². The number of anilines is 2. The fourth-order valence-corrected chi connectivity index (χ4v) is 2.73.